The Morgan fingerprint density at radius 2 is 2.23 bits per heavy atom. The molecule has 2 aliphatic heterocycles. The smallest absolute Gasteiger partial charge is 0.221 e. The molecule has 0 aromatic carbocycles. The Hall–Kier alpha value is -1.40. The Balaban J connectivity index is 1.75. The van der Waals surface area contributed by atoms with E-state index < -0.39 is 0 Å². The van der Waals surface area contributed by atoms with Crippen LogP contribution in [0.4, 0.5) is 11.8 Å². The molecule has 1 unspecified atom stereocenters. The van der Waals surface area contributed by atoms with Crippen LogP contribution in [0.3, 0.4) is 0 Å². The van der Waals surface area contributed by atoms with Crippen LogP contribution >= 0.6 is 0 Å². The standard InChI is InChI=1S/C16H26N4O2/c1-3-12-11-18-15(17)19-14(12)20-8-6-16(7-9-20)13(21-2)5-4-10-22-16/h11,13H,3-10H2,1-2H3,(H2,17,18,19). The molecule has 2 aliphatic rings. The largest absolute Gasteiger partial charge is 0.378 e. The van der Waals surface area contributed by atoms with Gasteiger partial charge in [0.05, 0.1) is 11.7 Å². The summed E-state index contributed by atoms with van der Waals surface area (Å²) >= 11 is 0. The highest BCUT2D eigenvalue weighted by molar-refractivity contribution is 5.49. The number of nitrogens with zero attached hydrogens (tertiary/aromatic N) is 3. The predicted octanol–water partition coefficient (Wildman–Crippen LogP) is 1.79. The number of nitrogens with two attached hydrogens (primary N) is 1. The molecule has 0 radical (unpaired) electrons. The Morgan fingerprint density at radius 3 is 2.91 bits per heavy atom. The lowest BCUT2D eigenvalue weighted by Crippen LogP contribution is -2.56. The van der Waals surface area contributed by atoms with Gasteiger partial charge in [-0.15, -0.1) is 0 Å². The summed E-state index contributed by atoms with van der Waals surface area (Å²) < 4.78 is 11.9. The van der Waals surface area contributed by atoms with Crippen LogP contribution in [0.15, 0.2) is 6.20 Å². The first-order valence-electron chi connectivity index (χ1n) is 8.21. The molecule has 6 nitrogen and oxygen atoms in total. The van der Waals surface area contributed by atoms with Crippen LogP contribution in [-0.4, -0.2) is 48.5 Å². The van der Waals surface area contributed by atoms with Crippen LogP contribution in [0.2, 0.25) is 0 Å². The van der Waals surface area contributed by atoms with Crippen molar-refractivity contribution in [3.05, 3.63) is 11.8 Å². The molecular formula is C16H26N4O2. The Bertz CT molecular complexity index is 515. The van der Waals surface area contributed by atoms with Crippen LogP contribution in [0.1, 0.15) is 38.2 Å². The van der Waals surface area contributed by atoms with Crippen molar-refractivity contribution in [2.75, 3.05) is 37.4 Å². The molecule has 22 heavy (non-hydrogen) atoms. The van der Waals surface area contributed by atoms with Crippen LogP contribution in [0.25, 0.3) is 0 Å². The van der Waals surface area contributed by atoms with Gasteiger partial charge in [0, 0.05) is 38.6 Å². The fourth-order valence-corrected chi connectivity index (χ4v) is 3.73. The second kappa shape index (κ2) is 6.38. The van der Waals surface area contributed by atoms with E-state index in [-0.39, 0.29) is 11.7 Å². The van der Waals surface area contributed by atoms with Gasteiger partial charge in [0.2, 0.25) is 5.95 Å². The SMILES string of the molecule is CCc1cnc(N)nc1N1CCC2(CC1)OCCCC2OC. The molecule has 1 aromatic heterocycles. The molecule has 1 spiro atoms. The highest BCUT2D eigenvalue weighted by Gasteiger charge is 2.45. The zero-order valence-electron chi connectivity index (χ0n) is 13.5. The number of anilines is 2. The van der Waals surface area contributed by atoms with Gasteiger partial charge in [-0.2, -0.15) is 4.98 Å². The molecule has 1 atom stereocenters. The van der Waals surface area contributed by atoms with Crippen LogP contribution < -0.4 is 10.6 Å². The van der Waals surface area contributed by atoms with Gasteiger partial charge in [-0.25, -0.2) is 4.98 Å². The number of piperidine rings is 1. The number of aryl methyl sites for hydroxylation is 1. The third kappa shape index (κ3) is 2.77. The van der Waals surface area contributed by atoms with Crippen molar-refractivity contribution in [1.29, 1.82) is 0 Å². The number of nitrogen functional groups attached to an aromatic ring is 1. The lowest BCUT2D eigenvalue weighted by molar-refractivity contribution is -0.175. The normalized spacial score (nSPS) is 24.6. The molecule has 3 heterocycles. The second-order valence-corrected chi connectivity index (χ2v) is 6.20. The fourth-order valence-electron chi connectivity index (χ4n) is 3.73. The summed E-state index contributed by atoms with van der Waals surface area (Å²) in [6.45, 7) is 4.81. The maximum absolute atomic E-state index is 6.17. The molecular weight excluding hydrogens is 280 g/mol. The number of rotatable bonds is 3. The predicted molar refractivity (Wildman–Crippen MR) is 86.0 cm³/mol. The van der Waals surface area contributed by atoms with E-state index in [2.05, 4.69) is 21.8 Å². The van der Waals surface area contributed by atoms with E-state index in [1.165, 1.54) is 0 Å². The van der Waals surface area contributed by atoms with E-state index >= 15 is 0 Å². The monoisotopic (exact) mass is 306 g/mol. The van der Waals surface area contributed by atoms with Gasteiger partial charge in [-0.3, -0.25) is 0 Å². The minimum absolute atomic E-state index is 0.117. The molecule has 1 aromatic rings. The van der Waals surface area contributed by atoms with E-state index in [0.29, 0.717) is 5.95 Å². The van der Waals surface area contributed by atoms with E-state index in [9.17, 15) is 0 Å². The van der Waals surface area contributed by atoms with Crippen molar-refractivity contribution >= 4 is 11.8 Å². The average molecular weight is 306 g/mol. The summed E-state index contributed by atoms with van der Waals surface area (Å²) in [7, 11) is 1.80. The average Bonchev–Trinajstić information content (AvgIpc) is 2.56. The topological polar surface area (TPSA) is 73.5 Å². The van der Waals surface area contributed by atoms with E-state index in [4.69, 9.17) is 15.2 Å². The van der Waals surface area contributed by atoms with E-state index in [1.807, 2.05) is 6.20 Å². The van der Waals surface area contributed by atoms with Gasteiger partial charge >= 0.3 is 0 Å². The zero-order chi connectivity index (χ0) is 15.6. The maximum atomic E-state index is 6.17. The van der Waals surface area contributed by atoms with E-state index in [1.54, 1.807) is 7.11 Å². The summed E-state index contributed by atoms with van der Waals surface area (Å²) in [6, 6.07) is 0. The van der Waals surface area contributed by atoms with Gasteiger partial charge in [0.1, 0.15) is 5.82 Å². The number of hydrogen-bond donors (Lipinski definition) is 1. The molecule has 2 fully saturated rings. The summed E-state index contributed by atoms with van der Waals surface area (Å²) in [5.74, 6) is 1.32. The molecule has 0 amide bonds. The van der Waals surface area contributed by atoms with Gasteiger partial charge in [-0.05, 0) is 32.1 Å². The van der Waals surface area contributed by atoms with E-state index in [0.717, 1.165) is 63.2 Å². The Morgan fingerprint density at radius 1 is 1.45 bits per heavy atom. The third-order valence-corrected chi connectivity index (χ3v) is 5.02. The van der Waals surface area contributed by atoms with Gasteiger partial charge < -0.3 is 20.1 Å². The highest BCUT2D eigenvalue weighted by Crippen LogP contribution is 2.38. The fraction of sp³-hybridized carbons (Fsp3) is 0.750. The molecule has 2 saturated heterocycles. The van der Waals surface area contributed by atoms with Gasteiger partial charge in [0.15, 0.2) is 0 Å². The summed E-state index contributed by atoms with van der Waals surface area (Å²) in [6.07, 6.45) is 7.09. The Labute approximate surface area is 132 Å². The molecule has 0 saturated carbocycles. The lowest BCUT2D eigenvalue weighted by atomic mass is 9.82. The molecule has 0 aliphatic carbocycles. The first kappa shape index (κ1) is 15.5. The lowest BCUT2D eigenvalue weighted by Gasteiger charge is -2.48. The van der Waals surface area contributed by atoms with Crippen molar-refractivity contribution < 1.29 is 9.47 Å². The first-order chi connectivity index (χ1) is 10.7. The number of hydrogen-bond acceptors (Lipinski definition) is 6. The minimum atomic E-state index is -0.117. The van der Waals surface area contributed by atoms with Crippen LogP contribution in [0.5, 0.6) is 0 Å². The number of aromatic nitrogens is 2. The van der Waals surface area contributed by atoms with Crippen LogP contribution in [0, 0.1) is 0 Å². The van der Waals surface area contributed by atoms with Gasteiger partial charge in [0.25, 0.3) is 0 Å². The highest BCUT2D eigenvalue weighted by atomic mass is 16.5. The van der Waals surface area contributed by atoms with Crippen molar-refractivity contribution in [2.45, 2.75) is 50.7 Å². The van der Waals surface area contributed by atoms with Crippen LogP contribution in [-0.2, 0) is 15.9 Å². The van der Waals surface area contributed by atoms with Gasteiger partial charge in [-0.1, -0.05) is 6.92 Å². The van der Waals surface area contributed by atoms with Crippen molar-refractivity contribution in [3.8, 4) is 0 Å². The number of methoxy groups -OCH3 is 1. The Kier molecular flexibility index (Phi) is 4.49. The van der Waals surface area contributed by atoms with Crippen molar-refractivity contribution in [1.82, 2.24) is 9.97 Å². The molecule has 0 bridgehead atoms. The molecule has 6 heteroatoms. The maximum Gasteiger partial charge on any atom is 0.221 e. The molecule has 2 N–H and O–H groups in total. The summed E-state index contributed by atoms with van der Waals surface area (Å²) in [5.41, 5.74) is 6.81. The zero-order valence-corrected chi connectivity index (χ0v) is 13.5. The van der Waals surface area contributed by atoms with Crippen molar-refractivity contribution in [2.24, 2.45) is 0 Å². The summed E-state index contributed by atoms with van der Waals surface area (Å²) in [5, 5.41) is 0. The minimum Gasteiger partial charge on any atom is -0.378 e. The third-order valence-electron chi connectivity index (χ3n) is 5.02. The summed E-state index contributed by atoms with van der Waals surface area (Å²) in [4.78, 5) is 10.9. The quantitative estimate of drug-likeness (QED) is 0.917. The van der Waals surface area contributed by atoms with Crippen molar-refractivity contribution in [3.63, 3.8) is 0 Å². The molecule has 122 valence electrons. The molecule has 3 rings (SSSR count). The second-order valence-electron chi connectivity index (χ2n) is 6.20. The first-order valence-corrected chi connectivity index (χ1v) is 8.21. The number of ether oxygens (including phenoxy) is 2.